The van der Waals surface area contributed by atoms with E-state index < -0.39 is 0 Å². The van der Waals surface area contributed by atoms with Gasteiger partial charge in [-0.3, -0.25) is 4.79 Å². The number of rotatable bonds is 4. The number of hydrogen-bond donors (Lipinski definition) is 2. The molecule has 0 spiro atoms. The van der Waals surface area contributed by atoms with Gasteiger partial charge in [0.15, 0.2) is 0 Å². The number of benzene rings is 1. The summed E-state index contributed by atoms with van der Waals surface area (Å²) in [5, 5.41) is 1.03. The van der Waals surface area contributed by atoms with Crippen LogP contribution >= 0.6 is 0 Å². The molecule has 0 saturated carbocycles. The summed E-state index contributed by atoms with van der Waals surface area (Å²) in [6, 6.07) is 9.62. The maximum Gasteiger partial charge on any atom is 0.222 e. The lowest BCUT2D eigenvalue weighted by Gasteiger charge is -2.07. The number of carbonyl (C=O) groups excluding carboxylic acids is 1. The maximum atomic E-state index is 11.1. The van der Waals surface area contributed by atoms with Gasteiger partial charge in [-0.1, -0.05) is 18.2 Å². The quantitative estimate of drug-likeness (QED) is 0.804. The Kier molecular flexibility index (Phi) is 2.92. The lowest BCUT2D eigenvalue weighted by molar-refractivity contribution is -0.121. The van der Waals surface area contributed by atoms with E-state index in [0.29, 0.717) is 6.42 Å². The fourth-order valence-electron chi connectivity index (χ4n) is 1.68. The fourth-order valence-corrected chi connectivity index (χ4v) is 1.68. The van der Waals surface area contributed by atoms with Gasteiger partial charge < -0.3 is 15.9 Å². The molecule has 0 bridgehead atoms. The molecular formula is C12H14N2O2. The Morgan fingerprint density at radius 2 is 2.12 bits per heavy atom. The zero-order chi connectivity index (χ0) is 11.5. The van der Waals surface area contributed by atoms with Gasteiger partial charge in [-0.2, -0.15) is 0 Å². The van der Waals surface area contributed by atoms with Gasteiger partial charge in [0.25, 0.3) is 0 Å². The van der Waals surface area contributed by atoms with Crippen molar-refractivity contribution in [2.45, 2.75) is 6.42 Å². The maximum absolute atomic E-state index is 11.1. The molecule has 0 aliphatic rings. The average Bonchev–Trinajstić information content (AvgIpc) is 2.67. The van der Waals surface area contributed by atoms with Gasteiger partial charge in [-0.05, 0) is 12.1 Å². The van der Waals surface area contributed by atoms with E-state index in [1.165, 1.54) is 0 Å². The number of carbonyl (C=O) groups is 1. The predicted molar refractivity (Wildman–Crippen MR) is 61.7 cm³/mol. The van der Waals surface area contributed by atoms with Crippen molar-refractivity contribution in [1.29, 1.82) is 0 Å². The Balaban J connectivity index is 2.24. The third-order valence-corrected chi connectivity index (χ3v) is 2.61. The van der Waals surface area contributed by atoms with Gasteiger partial charge in [0.2, 0.25) is 5.91 Å². The van der Waals surface area contributed by atoms with Crippen molar-refractivity contribution in [3.63, 3.8) is 0 Å². The SMILES string of the molecule is NCC(Cc1cc2ccccc2o1)C(N)=O. The minimum Gasteiger partial charge on any atom is -0.461 e. The molecule has 0 radical (unpaired) electrons. The largest absolute Gasteiger partial charge is 0.461 e. The Bertz CT molecular complexity index is 471. The molecule has 4 heteroatoms. The van der Waals surface area contributed by atoms with E-state index in [0.717, 1.165) is 16.7 Å². The van der Waals surface area contributed by atoms with Crippen LogP contribution in [0.3, 0.4) is 0 Å². The van der Waals surface area contributed by atoms with E-state index in [9.17, 15) is 4.79 Å². The summed E-state index contributed by atoms with van der Waals surface area (Å²) < 4.78 is 5.59. The summed E-state index contributed by atoms with van der Waals surface area (Å²) in [6.45, 7) is 0.242. The summed E-state index contributed by atoms with van der Waals surface area (Å²) in [4.78, 5) is 11.1. The zero-order valence-corrected chi connectivity index (χ0v) is 8.85. The van der Waals surface area contributed by atoms with E-state index in [1.54, 1.807) is 0 Å². The van der Waals surface area contributed by atoms with Crippen LogP contribution in [-0.2, 0) is 11.2 Å². The van der Waals surface area contributed by atoms with Gasteiger partial charge in [0, 0.05) is 18.4 Å². The molecule has 1 atom stereocenters. The highest BCUT2D eigenvalue weighted by Gasteiger charge is 2.16. The highest BCUT2D eigenvalue weighted by molar-refractivity contribution is 5.79. The van der Waals surface area contributed by atoms with E-state index in [-0.39, 0.29) is 18.4 Å². The lowest BCUT2D eigenvalue weighted by atomic mass is 10.0. The van der Waals surface area contributed by atoms with E-state index >= 15 is 0 Å². The molecular weight excluding hydrogens is 204 g/mol. The molecule has 1 heterocycles. The second-order valence-electron chi connectivity index (χ2n) is 3.79. The van der Waals surface area contributed by atoms with Crippen molar-refractivity contribution in [3.8, 4) is 0 Å². The third-order valence-electron chi connectivity index (χ3n) is 2.61. The van der Waals surface area contributed by atoms with Crippen molar-refractivity contribution >= 4 is 16.9 Å². The van der Waals surface area contributed by atoms with Crippen LogP contribution in [-0.4, -0.2) is 12.5 Å². The molecule has 4 N–H and O–H groups in total. The average molecular weight is 218 g/mol. The molecule has 0 aliphatic heterocycles. The molecule has 0 aliphatic carbocycles. The van der Waals surface area contributed by atoms with E-state index in [1.807, 2.05) is 30.3 Å². The highest BCUT2D eigenvalue weighted by Crippen LogP contribution is 2.20. The monoisotopic (exact) mass is 218 g/mol. The first-order valence-corrected chi connectivity index (χ1v) is 5.17. The number of para-hydroxylation sites is 1. The van der Waals surface area contributed by atoms with Crippen molar-refractivity contribution in [3.05, 3.63) is 36.1 Å². The molecule has 0 fully saturated rings. The Morgan fingerprint density at radius 1 is 1.38 bits per heavy atom. The summed E-state index contributed by atoms with van der Waals surface area (Å²) in [5.74, 6) is -0.000955. The van der Waals surface area contributed by atoms with Crippen LogP contribution in [0.15, 0.2) is 34.7 Å². The minimum absolute atomic E-state index is 0.242. The Labute approximate surface area is 93.2 Å². The van der Waals surface area contributed by atoms with Crippen LogP contribution in [0, 0.1) is 5.92 Å². The first kappa shape index (κ1) is 10.7. The number of furan rings is 1. The van der Waals surface area contributed by atoms with Crippen LogP contribution in [0.25, 0.3) is 11.0 Å². The smallest absolute Gasteiger partial charge is 0.222 e. The topological polar surface area (TPSA) is 82.2 Å². The van der Waals surface area contributed by atoms with Gasteiger partial charge >= 0.3 is 0 Å². The molecule has 1 aromatic heterocycles. The van der Waals surface area contributed by atoms with Crippen molar-refractivity contribution in [2.24, 2.45) is 17.4 Å². The Morgan fingerprint density at radius 3 is 2.75 bits per heavy atom. The lowest BCUT2D eigenvalue weighted by Crippen LogP contribution is -2.31. The molecule has 2 aromatic rings. The minimum atomic E-state index is -0.386. The van der Waals surface area contributed by atoms with Gasteiger partial charge in [-0.25, -0.2) is 0 Å². The molecule has 1 amide bonds. The molecule has 1 aromatic carbocycles. The summed E-state index contributed by atoms with van der Waals surface area (Å²) >= 11 is 0. The van der Waals surface area contributed by atoms with Crippen LogP contribution in [0.5, 0.6) is 0 Å². The van der Waals surface area contributed by atoms with E-state index in [4.69, 9.17) is 15.9 Å². The van der Waals surface area contributed by atoms with E-state index in [2.05, 4.69) is 0 Å². The van der Waals surface area contributed by atoms with Crippen molar-refractivity contribution in [1.82, 2.24) is 0 Å². The summed E-state index contributed by atoms with van der Waals surface area (Å²) in [5.41, 5.74) is 11.5. The van der Waals surface area contributed by atoms with Gasteiger partial charge in [-0.15, -0.1) is 0 Å². The molecule has 2 rings (SSSR count). The Hall–Kier alpha value is -1.81. The molecule has 16 heavy (non-hydrogen) atoms. The van der Waals surface area contributed by atoms with Crippen molar-refractivity contribution in [2.75, 3.05) is 6.54 Å². The third kappa shape index (κ3) is 2.06. The van der Waals surface area contributed by atoms with Crippen LogP contribution in [0.2, 0.25) is 0 Å². The van der Waals surface area contributed by atoms with Crippen LogP contribution < -0.4 is 11.5 Å². The second-order valence-corrected chi connectivity index (χ2v) is 3.79. The normalized spacial score (nSPS) is 12.8. The van der Waals surface area contributed by atoms with Crippen molar-refractivity contribution < 1.29 is 9.21 Å². The zero-order valence-electron chi connectivity index (χ0n) is 8.85. The van der Waals surface area contributed by atoms with Crippen LogP contribution in [0.1, 0.15) is 5.76 Å². The summed E-state index contributed by atoms with van der Waals surface area (Å²) in [7, 11) is 0. The number of nitrogens with two attached hydrogens (primary N) is 2. The molecule has 4 nitrogen and oxygen atoms in total. The standard InChI is InChI=1S/C12H14N2O2/c13-7-9(12(14)15)6-10-5-8-3-1-2-4-11(8)16-10/h1-5,9H,6-7,13H2,(H2,14,15). The first-order chi connectivity index (χ1) is 7.70. The highest BCUT2D eigenvalue weighted by atomic mass is 16.3. The number of primary amides is 1. The number of fused-ring (bicyclic) bond motifs is 1. The molecule has 0 saturated heterocycles. The predicted octanol–water partition coefficient (Wildman–Crippen LogP) is 1.04. The molecule has 84 valence electrons. The van der Waals surface area contributed by atoms with Gasteiger partial charge in [0.1, 0.15) is 11.3 Å². The second kappa shape index (κ2) is 4.37. The van der Waals surface area contributed by atoms with Crippen LogP contribution in [0.4, 0.5) is 0 Å². The summed E-state index contributed by atoms with van der Waals surface area (Å²) in [6.07, 6.45) is 0.459. The molecule has 1 unspecified atom stereocenters. The fraction of sp³-hybridized carbons (Fsp3) is 0.250. The number of amides is 1. The first-order valence-electron chi connectivity index (χ1n) is 5.17. The van der Waals surface area contributed by atoms with Gasteiger partial charge in [0.05, 0.1) is 5.92 Å². The number of hydrogen-bond acceptors (Lipinski definition) is 3.